The van der Waals surface area contributed by atoms with Crippen molar-refractivity contribution in [3.05, 3.63) is 76.5 Å². The molecule has 0 saturated heterocycles. The molecule has 0 spiro atoms. The molecule has 5 rings (SSSR count). The predicted molar refractivity (Wildman–Crippen MR) is 183 cm³/mol. The standard InChI is InChI=1S/C37H44NO5PS/c1-26-15-17-27(18-16-26)35(39)38(33-25-32(23-24-37(2,3)4)45-34(33)36(40)41)28-19-21-29(22-20-28)43-44(42,30-11-7-5-8-12-30)31-13-9-6-10-14-31/h5-14,25-29H,15-22H2,1-4H3,(H,40,41)/t26-,27-,28-,29+. The summed E-state index contributed by atoms with van der Waals surface area (Å²) in [5.41, 5.74) is 0.219. The number of amides is 1. The van der Waals surface area contributed by atoms with Crippen LogP contribution in [0.2, 0.25) is 0 Å². The molecule has 0 radical (unpaired) electrons. The molecule has 3 aromatic rings. The van der Waals surface area contributed by atoms with E-state index >= 15 is 0 Å². The number of anilines is 1. The maximum Gasteiger partial charge on any atom is 0.348 e. The van der Waals surface area contributed by atoms with Crippen molar-refractivity contribution in [2.45, 2.75) is 91.2 Å². The Kier molecular flexibility index (Phi) is 10.4. The van der Waals surface area contributed by atoms with Gasteiger partial charge in [0.25, 0.3) is 7.37 Å². The molecule has 0 aliphatic heterocycles. The minimum atomic E-state index is -3.35. The molecule has 2 aliphatic rings. The molecule has 238 valence electrons. The van der Waals surface area contributed by atoms with Crippen molar-refractivity contribution in [2.24, 2.45) is 17.3 Å². The topological polar surface area (TPSA) is 83.9 Å². The Balaban J connectivity index is 1.43. The second-order valence-corrected chi connectivity index (χ2v) is 17.0. The SMILES string of the molecule is CC(C)(C)C#Cc1cc(N(C(=O)[C@H]2CC[C@H](C)CC2)[C@H]2CC[C@@H](OP(=O)(c3ccccc3)c3ccccc3)CC2)c(C(=O)O)s1. The second-order valence-electron chi connectivity index (χ2n) is 13.6. The van der Waals surface area contributed by atoms with Crippen LogP contribution in [0, 0.1) is 29.1 Å². The molecule has 8 heteroatoms. The quantitative estimate of drug-likeness (QED) is 0.197. The Hall–Kier alpha value is -3.17. The van der Waals surface area contributed by atoms with Gasteiger partial charge in [0.05, 0.1) is 16.7 Å². The highest BCUT2D eigenvalue weighted by Gasteiger charge is 2.39. The Labute approximate surface area is 271 Å². The minimum absolute atomic E-state index is 0.0149. The van der Waals surface area contributed by atoms with E-state index < -0.39 is 13.3 Å². The number of thiophene rings is 1. The lowest BCUT2D eigenvalue weighted by Gasteiger charge is -2.40. The average Bonchev–Trinajstić information content (AvgIpc) is 3.46. The fraction of sp³-hybridized carbons (Fsp3) is 0.459. The molecule has 0 unspecified atom stereocenters. The summed E-state index contributed by atoms with van der Waals surface area (Å²) >= 11 is 1.14. The summed E-state index contributed by atoms with van der Waals surface area (Å²) in [5.74, 6) is 5.81. The Bertz CT molecular complexity index is 1540. The number of nitrogens with zero attached hydrogens (tertiary/aromatic N) is 1. The van der Waals surface area contributed by atoms with Crippen LogP contribution in [0.1, 0.15) is 93.6 Å². The van der Waals surface area contributed by atoms with Crippen LogP contribution in [0.5, 0.6) is 0 Å². The maximum atomic E-state index is 14.6. The van der Waals surface area contributed by atoms with Gasteiger partial charge in [-0.25, -0.2) is 4.79 Å². The number of rotatable bonds is 8. The summed E-state index contributed by atoms with van der Waals surface area (Å²) in [7, 11) is -3.35. The number of hydrogen-bond donors (Lipinski definition) is 1. The number of carboxylic acid groups (broad SMARTS) is 1. The van der Waals surface area contributed by atoms with Gasteiger partial charge in [0.1, 0.15) is 4.88 Å². The zero-order valence-electron chi connectivity index (χ0n) is 26.7. The molecule has 2 aromatic carbocycles. The molecule has 2 fully saturated rings. The lowest BCUT2D eigenvalue weighted by atomic mass is 9.81. The van der Waals surface area contributed by atoms with E-state index in [9.17, 15) is 19.3 Å². The van der Waals surface area contributed by atoms with Crippen molar-refractivity contribution in [1.29, 1.82) is 0 Å². The number of aromatic carboxylic acids is 1. The van der Waals surface area contributed by atoms with Crippen LogP contribution in [0.15, 0.2) is 66.7 Å². The summed E-state index contributed by atoms with van der Waals surface area (Å²) in [6.45, 7) is 8.27. The molecular formula is C37H44NO5PS. The molecule has 1 heterocycles. The van der Waals surface area contributed by atoms with Gasteiger partial charge in [-0.15, -0.1) is 11.3 Å². The van der Waals surface area contributed by atoms with Gasteiger partial charge in [-0.2, -0.15) is 0 Å². The first-order valence-electron chi connectivity index (χ1n) is 16.1. The number of hydrogen-bond acceptors (Lipinski definition) is 5. The van der Waals surface area contributed by atoms with Crippen molar-refractivity contribution in [2.75, 3.05) is 4.90 Å². The van der Waals surface area contributed by atoms with E-state index in [0.717, 1.165) is 37.0 Å². The molecule has 1 amide bonds. The van der Waals surface area contributed by atoms with Gasteiger partial charge in [-0.3, -0.25) is 9.36 Å². The Morgan fingerprint density at radius 1 is 0.889 bits per heavy atom. The highest BCUT2D eigenvalue weighted by molar-refractivity contribution is 7.74. The van der Waals surface area contributed by atoms with Gasteiger partial charge in [0, 0.05) is 28.0 Å². The van der Waals surface area contributed by atoms with E-state index in [0.29, 0.717) is 52.8 Å². The lowest BCUT2D eigenvalue weighted by Crippen LogP contribution is -2.47. The predicted octanol–water partition coefficient (Wildman–Crippen LogP) is 8.26. The highest BCUT2D eigenvalue weighted by atomic mass is 32.1. The van der Waals surface area contributed by atoms with E-state index in [2.05, 4.69) is 18.8 Å². The number of carbonyl (C=O) groups excluding carboxylic acids is 1. The van der Waals surface area contributed by atoms with Gasteiger partial charge in [-0.05, 0) is 108 Å². The van der Waals surface area contributed by atoms with E-state index in [1.54, 1.807) is 11.0 Å². The van der Waals surface area contributed by atoms with Gasteiger partial charge >= 0.3 is 5.97 Å². The number of benzene rings is 2. The Morgan fingerprint density at radius 2 is 1.44 bits per heavy atom. The molecule has 2 saturated carbocycles. The zero-order chi connectivity index (χ0) is 32.2. The molecular weight excluding hydrogens is 601 g/mol. The maximum absolute atomic E-state index is 14.6. The van der Waals surface area contributed by atoms with Gasteiger partial charge in [0.15, 0.2) is 0 Å². The molecule has 0 atom stereocenters. The summed E-state index contributed by atoms with van der Waals surface area (Å²) in [4.78, 5) is 29.4. The first-order chi connectivity index (χ1) is 21.4. The van der Waals surface area contributed by atoms with Crippen LogP contribution in [0.25, 0.3) is 0 Å². The summed E-state index contributed by atoms with van der Waals surface area (Å²) in [5, 5.41) is 11.6. The van der Waals surface area contributed by atoms with Crippen LogP contribution in [0.4, 0.5) is 5.69 Å². The van der Waals surface area contributed by atoms with Crippen LogP contribution in [-0.2, 0) is 13.9 Å². The van der Waals surface area contributed by atoms with E-state index in [4.69, 9.17) is 4.52 Å². The third-order valence-corrected chi connectivity index (χ3v) is 12.4. The monoisotopic (exact) mass is 645 g/mol. The molecule has 0 bridgehead atoms. The summed E-state index contributed by atoms with van der Waals surface area (Å²) in [6.07, 6.45) is 5.85. The fourth-order valence-electron chi connectivity index (χ4n) is 6.36. The smallest absolute Gasteiger partial charge is 0.348 e. The number of carbonyl (C=O) groups is 2. The van der Waals surface area contributed by atoms with Crippen molar-refractivity contribution in [3.63, 3.8) is 0 Å². The van der Waals surface area contributed by atoms with Crippen molar-refractivity contribution >= 4 is 46.9 Å². The number of carboxylic acids is 1. The van der Waals surface area contributed by atoms with Gasteiger partial charge < -0.3 is 14.5 Å². The van der Waals surface area contributed by atoms with Crippen molar-refractivity contribution in [1.82, 2.24) is 0 Å². The summed E-state index contributed by atoms with van der Waals surface area (Å²) < 4.78 is 21.1. The summed E-state index contributed by atoms with van der Waals surface area (Å²) in [6, 6.07) is 20.4. The van der Waals surface area contributed by atoms with Crippen LogP contribution in [-0.4, -0.2) is 29.1 Å². The van der Waals surface area contributed by atoms with Gasteiger partial charge in [0.2, 0.25) is 5.91 Å². The van der Waals surface area contributed by atoms with Gasteiger partial charge in [-0.1, -0.05) is 55.2 Å². The fourth-order valence-corrected chi connectivity index (χ4v) is 9.50. The molecule has 1 aromatic heterocycles. The second kappa shape index (κ2) is 14.1. The lowest BCUT2D eigenvalue weighted by molar-refractivity contribution is -0.124. The van der Waals surface area contributed by atoms with Crippen LogP contribution < -0.4 is 15.5 Å². The third kappa shape index (κ3) is 7.98. The third-order valence-electron chi connectivity index (χ3n) is 8.83. The molecule has 1 N–H and O–H groups in total. The highest BCUT2D eigenvalue weighted by Crippen LogP contribution is 2.48. The van der Waals surface area contributed by atoms with Crippen molar-refractivity contribution in [3.8, 4) is 11.8 Å². The van der Waals surface area contributed by atoms with E-state index in [-0.39, 0.29) is 34.3 Å². The largest absolute Gasteiger partial charge is 0.477 e. The normalized spacial score (nSPS) is 22.2. The van der Waals surface area contributed by atoms with Crippen molar-refractivity contribution < 1.29 is 23.8 Å². The zero-order valence-corrected chi connectivity index (χ0v) is 28.4. The van der Waals surface area contributed by atoms with E-state index in [1.165, 1.54) is 0 Å². The first kappa shape index (κ1) is 33.2. The van der Waals surface area contributed by atoms with Crippen LogP contribution >= 0.6 is 18.7 Å². The Morgan fingerprint density at radius 3 is 1.96 bits per heavy atom. The first-order valence-corrected chi connectivity index (χ1v) is 18.5. The minimum Gasteiger partial charge on any atom is -0.477 e. The van der Waals surface area contributed by atoms with E-state index in [1.807, 2.05) is 81.4 Å². The molecule has 45 heavy (non-hydrogen) atoms. The average molecular weight is 646 g/mol. The molecule has 6 nitrogen and oxygen atoms in total. The molecule has 2 aliphatic carbocycles. The van der Waals surface area contributed by atoms with Crippen LogP contribution in [0.3, 0.4) is 0 Å².